The van der Waals surface area contributed by atoms with Crippen LogP contribution in [0.5, 0.6) is 0 Å². The van der Waals surface area contributed by atoms with Crippen molar-refractivity contribution in [1.82, 2.24) is 10.2 Å². The van der Waals surface area contributed by atoms with Gasteiger partial charge in [0, 0.05) is 30.6 Å². The largest absolute Gasteiger partial charge is 0.393 e. The SMILES string of the molecule is CC(NC(=O)N1CCCC(C(C)O)C1)c1ccc(F)cc1F. The number of piperidine rings is 1. The van der Waals surface area contributed by atoms with E-state index in [0.29, 0.717) is 13.1 Å². The minimum atomic E-state index is -0.673. The van der Waals surface area contributed by atoms with Gasteiger partial charge in [-0.1, -0.05) is 6.07 Å². The van der Waals surface area contributed by atoms with Crippen LogP contribution in [0.4, 0.5) is 13.6 Å². The maximum Gasteiger partial charge on any atom is 0.317 e. The predicted octanol–water partition coefficient (Wildman–Crippen LogP) is 2.83. The van der Waals surface area contributed by atoms with Gasteiger partial charge in [0.05, 0.1) is 12.1 Å². The molecule has 1 saturated heterocycles. The van der Waals surface area contributed by atoms with Crippen LogP contribution in [-0.4, -0.2) is 35.2 Å². The third-order valence-electron chi connectivity index (χ3n) is 4.20. The van der Waals surface area contributed by atoms with Crippen LogP contribution in [0, 0.1) is 17.6 Å². The summed E-state index contributed by atoms with van der Waals surface area (Å²) in [7, 11) is 0. The molecule has 1 aromatic rings. The first-order chi connectivity index (χ1) is 10.4. The van der Waals surface area contributed by atoms with Crippen LogP contribution in [0.1, 0.15) is 38.3 Å². The molecule has 4 nitrogen and oxygen atoms in total. The first-order valence-electron chi connectivity index (χ1n) is 7.57. The van der Waals surface area contributed by atoms with E-state index in [4.69, 9.17) is 0 Å². The van der Waals surface area contributed by atoms with Gasteiger partial charge in [-0.2, -0.15) is 0 Å². The third-order valence-corrected chi connectivity index (χ3v) is 4.20. The van der Waals surface area contributed by atoms with Gasteiger partial charge in [0.2, 0.25) is 0 Å². The number of nitrogens with one attached hydrogen (secondary N) is 1. The molecule has 0 saturated carbocycles. The number of hydrogen-bond donors (Lipinski definition) is 2. The number of carbonyl (C=O) groups excluding carboxylic acids is 1. The quantitative estimate of drug-likeness (QED) is 0.902. The van der Waals surface area contributed by atoms with E-state index in [-0.39, 0.29) is 17.5 Å². The van der Waals surface area contributed by atoms with Crippen molar-refractivity contribution >= 4 is 6.03 Å². The number of carbonyl (C=O) groups is 1. The molecule has 1 aromatic carbocycles. The van der Waals surface area contributed by atoms with Crippen LogP contribution in [0.3, 0.4) is 0 Å². The van der Waals surface area contributed by atoms with Crippen molar-refractivity contribution in [3.05, 3.63) is 35.4 Å². The highest BCUT2D eigenvalue weighted by Crippen LogP contribution is 2.21. The van der Waals surface area contributed by atoms with Gasteiger partial charge in [0.25, 0.3) is 0 Å². The molecule has 0 radical (unpaired) electrons. The van der Waals surface area contributed by atoms with Crippen molar-refractivity contribution < 1.29 is 18.7 Å². The van der Waals surface area contributed by atoms with Crippen molar-refractivity contribution in [3.63, 3.8) is 0 Å². The van der Waals surface area contributed by atoms with Gasteiger partial charge in [0.1, 0.15) is 11.6 Å². The van der Waals surface area contributed by atoms with Gasteiger partial charge >= 0.3 is 6.03 Å². The molecule has 0 bridgehead atoms. The second-order valence-electron chi connectivity index (χ2n) is 5.93. The average Bonchev–Trinajstić information content (AvgIpc) is 2.47. The summed E-state index contributed by atoms with van der Waals surface area (Å²) in [6, 6.07) is 2.47. The number of likely N-dealkylation sites (tertiary alicyclic amines) is 1. The van der Waals surface area contributed by atoms with E-state index < -0.39 is 23.8 Å². The Morgan fingerprint density at radius 3 is 2.77 bits per heavy atom. The molecule has 6 heteroatoms. The van der Waals surface area contributed by atoms with Gasteiger partial charge in [-0.15, -0.1) is 0 Å². The van der Waals surface area contributed by atoms with E-state index in [1.54, 1.807) is 18.7 Å². The molecular formula is C16H22F2N2O2. The highest BCUT2D eigenvalue weighted by Gasteiger charge is 2.27. The summed E-state index contributed by atoms with van der Waals surface area (Å²) < 4.78 is 26.6. The lowest BCUT2D eigenvalue weighted by Gasteiger charge is -2.34. The summed E-state index contributed by atoms with van der Waals surface area (Å²) in [5.41, 5.74) is 0.249. The first kappa shape index (κ1) is 16.7. The van der Waals surface area contributed by atoms with Crippen LogP contribution >= 0.6 is 0 Å². The van der Waals surface area contributed by atoms with Crippen molar-refractivity contribution in [2.24, 2.45) is 5.92 Å². The Labute approximate surface area is 129 Å². The van der Waals surface area contributed by atoms with Gasteiger partial charge in [-0.25, -0.2) is 13.6 Å². The molecular weight excluding hydrogens is 290 g/mol. The van der Waals surface area contributed by atoms with Crippen molar-refractivity contribution in [2.45, 2.75) is 38.8 Å². The summed E-state index contributed by atoms with van der Waals surface area (Å²) in [4.78, 5) is 13.9. The zero-order valence-electron chi connectivity index (χ0n) is 12.9. The molecule has 122 valence electrons. The van der Waals surface area contributed by atoms with E-state index in [1.807, 2.05) is 0 Å². The minimum Gasteiger partial charge on any atom is -0.393 e. The maximum absolute atomic E-state index is 13.7. The number of benzene rings is 1. The molecule has 22 heavy (non-hydrogen) atoms. The Hall–Kier alpha value is -1.69. The highest BCUT2D eigenvalue weighted by atomic mass is 19.1. The molecule has 2 N–H and O–H groups in total. The maximum atomic E-state index is 13.7. The van der Waals surface area contributed by atoms with E-state index in [0.717, 1.165) is 18.9 Å². The highest BCUT2D eigenvalue weighted by molar-refractivity contribution is 5.74. The molecule has 3 atom stereocenters. The van der Waals surface area contributed by atoms with Gasteiger partial charge < -0.3 is 15.3 Å². The summed E-state index contributed by atoms with van der Waals surface area (Å²) in [6.45, 7) is 4.49. The Kier molecular flexibility index (Phi) is 5.34. The molecule has 3 unspecified atom stereocenters. The number of aliphatic hydroxyl groups is 1. The van der Waals surface area contributed by atoms with E-state index in [1.165, 1.54) is 12.1 Å². The third kappa shape index (κ3) is 3.94. The average molecular weight is 312 g/mol. The summed E-state index contributed by atoms with van der Waals surface area (Å²) in [6.07, 6.45) is 1.27. The fourth-order valence-electron chi connectivity index (χ4n) is 2.80. The van der Waals surface area contributed by atoms with E-state index in [9.17, 15) is 18.7 Å². The summed E-state index contributed by atoms with van der Waals surface area (Å²) in [5, 5.41) is 12.4. The lowest BCUT2D eigenvalue weighted by molar-refractivity contribution is 0.0734. The van der Waals surface area contributed by atoms with Crippen LogP contribution in [0.2, 0.25) is 0 Å². The monoisotopic (exact) mass is 312 g/mol. The van der Waals surface area contributed by atoms with Gasteiger partial charge in [0.15, 0.2) is 0 Å². The Bertz CT molecular complexity index is 537. The number of hydrogen-bond acceptors (Lipinski definition) is 2. The Morgan fingerprint density at radius 1 is 1.41 bits per heavy atom. The number of aliphatic hydroxyl groups excluding tert-OH is 1. The fraction of sp³-hybridized carbons (Fsp3) is 0.562. The molecule has 2 rings (SSSR count). The lowest BCUT2D eigenvalue weighted by Crippen LogP contribution is -2.48. The molecule has 1 heterocycles. The Morgan fingerprint density at radius 2 is 2.14 bits per heavy atom. The van der Waals surface area contributed by atoms with E-state index in [2.05, 4.69) is 5.32 Å². The van der Waals surface area contributed by atoms with Gasteiger partial charge in [-0.3, -0.25) is 0 Å². The second kappa shape index (κ2) is 7.05. The molecule has 0 spiro atoms. The molecule has 0 aromatic heterocycles. The molecule has 1 aliphatic rings. The van der Waals surface area contributed by atoms with Crippen LogP contribution in [-0.2, 0) is 0 Å². The van der Waals surface area contributed by atoms with Crippen molar-refractivity contribution in [1.29, 1.82) is 0 Å². The number of halogens is 2. The summed E-state index contributed by atoms with van der Waals surface area (Å²) in [5.74, 6) is -1.25. The summed E-state index contributed by atoms with van der Waals surface area (Å²) >= 11 is 0. The number of nitrogens with zero attached hydrogens (tertiary/aromatic N) is 1. The fourth-order valence-corrected chi connectivity index (χ4v) is 2.80. The standard InChI is InChI=1S/C16H22F2N2O2/c1-10(14-6-5-13(17)8-15(14)18)19-16(22)20-7-3-4-12(9-20)11(2)21/h5-6,8,10-12,21H,3-4,7,9H2,1-2H3,(H,19,22). The zero-order chi connectivity index (χ0) is 16.3. The van der Waals surface area contributed by atoms with Crippen LogP contribution in [0.15, 0.2) is 18.2 Å². The smallest absolute Gasteiger partial charge is 0.317 e. The minimum absolute atomic E-state index is 0.0670. The molecule has 0 aliphatic carbocycles. The lowest BCUT2D eigenvalue weighted by atomic mass is 9.93. The topological polar surface area (TPSA) is 52.6 Å². The molecule has 1 fully saturated rings. The first-order valence-corrected chi connectivity index (χ1v) is 7.57. The van der Waals surface area contributed by atoms with Crippen LogP contribution < -0.4 is 5.32 Å². The predicted molar refractivity (Wildman–Crippen MR) is 79.3 cm³/mol. The van der Waals surface area contributed by atoms with Crippen molar-refractivity contribution in [2.75, 3.05) is 13.1 Å². The number of urea groups is 1. The normalized spacial score (nSPS) is 21.3. The van der Waals surface area contributed by atoms with Crippen molar-refractivity contribution in [3.8, 4) is 0 Å². The van der Waals surface area contributed by atoms with Crippen LogP contribution in [0.25, 0.3) is 0 Å². The van der Waals surface area contributed by atoms with Gasteiger partial charge in [-0.05, 0) is 32.8 Å². The second-order valence-corrected chi connectivity index (χ2v) is 5.93. The number of rotatable bonds is 3. The molecule has 2 amide bonds. The Balaban J connectivity index is 1.98. The molecule has 1 aliphatic heterocycles. The number of amides is 2. The zero-order valence-corrected chi connectivity index (χ0v) is 12.9. The van der Waals surface area contributed by atoms with E-state index >= 15 is 0 Å².